The van der Waals surface area contributed by atoms with Crippen molar-refractivity contribution in [3.63, 3.8) is 0 Å². The van der Waals surface area contributed by atoms with E-state index < -0.39 is 5.60 Å². The van der Waals surface area contributed by atoms with Crippen LogP contribution in [0.5, 0.6) is 0 Å². The smallest absolute Gasteiger partial charge is 0.407 e. The lowest BCUT2D eigenvalue weighted by molar-refractivity contribution is 0.0509. The van der Waals surface area contributed by atoms with E-state index in [2.05, 4.69) is 20.6 Å². The van der Waals surface area contributed by atoms with Crippen molar-refractivity contribution >= 4 is 6.09 Å². The number of rotatable bonds is 5. The molecule has 1 aliphatic rings. The number of hydrogen-bond acceptors (Lipinski definition) is 5. The zero-order chi connectivity index (χ0) is 16.1. The first-order valence-corrected chi connectivity index (χ1v) is 7.85. The fraction of sp³-hybridized carbons (Fsp3) is 0.688. The molecule has 2 N–H and O–H groups in total. The third-order valence-electron chi connectivity index (χ3n) is 3.82. The lowest BCUT2D eigenvalue weighted by atomic mass is 9.97. The summed E-state index contributed by atoms with van der Waals surface area (Å²) >= 11 is 0. The molecule has 1 aromatic heterocycles. The molecule has 1 saturated carbocycles. The molecule has 1 fully saturated rings. The first kappa shape index (κ1) is 16.7. The molecule has 2 rings (SSSR count). The van der Waals surface area contributed by atoms with Crippen molar-refractivity contribution in [2.24, 2.45) is 0 Å². The number of nitrogens with zero attached hydrogens (tertiary/aromatic N) is 2. The molecule has 1 heterocycles. The number of carbonyl (C=O) groups is 1. The average molecular weight is 306 g/mol. The summed E-state index contributed by atoms with van der Waals surface area (Å²) in [5.41, 5.74) is 0.418. The normalized spacial score (nSPS) is 17.2. The number of amides is 1. The molecule has 1 amide bonds. The maximum Gasteiger partial charge on any atom is 0.407 e. The Morgan fingerprint density at radius 1 is 1.36 bits per heavy atom. The van der Waals surface area contributed by atoms with Gasteiger partial charge in [0.1, 0.15) is 11.9 Å². The quantitative estimate of drug-likeness (QED) is 0.873. The second-order valence-electron chi connectivity index (χ2n) is 6.90. The Labute approximate surface area is 132 Å². The van der Waals surface area contributed by atoms with Gasteiger partial charge >= 0.3 is 6.09 Å². The van der Waals surface area contributed by atoms with Crippen LogP contribution in [0.25, 0.3) is 0 Å². The van der Waals surface area contributed by atoms with E-state index >= 15 is 0 Å². The third-order valence-corrected chi connectivity index (χ3v) is 3.82. The SMILES string of the molecule is CC(C)(C)OC(=O)NCC1(NCc2ccncn2)CCCC1. The van der Waals surface area contributed by atoms with Gasteiger partial charge in [0.15, 0.2) is 0 Å². The molecule has 6 nitrogen and oxygen atoms in total. The molecule has 1 aliphatic carbocycles. The van der Waals surface area contributed by atoms with Gasteiger partial charge in [-0.2, -0.15) is 0 Å². The first-order chi connectivity index (χ1) is 10.4. The molecule has 0 unspecified atom stereocenters. The number of alkyl carbamates (subject to hydrolysis) is 1. The minimum Gasteiger partial charge on any atom is -0.444 e. The highest BCUT2D eigenvalue weighted by atomic mass is 16.6. The van der Waals surface area contributed by atoms with Crippen LogP contribution in [0.15, 0.2) is 18.6 Å². The van der Waals surface area contributed by atoms with E-state index in [4.69, 9.17) is 4.74 Å². The van der Waals surface area contributed by atoms with Crippen molar-refractivity contribution in [3.05, 3.63) is 24.3 Å². The summed E-state index contributed by atoms with van der Waals surface area (Å²) in [5, 5.41) is 6.47. The molecule has 0 aliphatic heterocycles. The fourth-order valence-corrected chi connectivity index (χ4v) is 2.72. The van der Waals surface area contributed by atoms with Crippen LogP contribution in [0.4, 0.5) is 4.79 Å². The van der Waals surface area contributed by atoms with E-state index in [-0.39, 0.29) is 11.6 Å². The molecule has 1 aromatic rings. The standard InChI is InChI=1S/C16H26N4O2/c1-15(2,3)22-14(21)18-11-16(7-4-5-8-16)20-10-13-6-9-17-12-19-13/h6,9,12,20H,4-5,7-8,10-11H2,1-3H3,(H,18,21). The Hall–Kier alpha value is -1.69. The van der Waals surface area contributed by atoms with Gasteiger partial charge in [-0.05, 0) is 39.7 Å². The second-order valence-corrected chi connectivity index (χ2v) is 6.90. The van der Waals surface area contributed by atoms with Crippen molar-refractivity contribution < 1.29 is 9.53 Å². The molecule has 0 bridgehead atoms. The van der Waals surface area contributed by atoms with Gasteiger partial charge in [-0.15, -0.1) is 0 Å². The van der Waals surface area contributed by atoms with Gasteiger partial charge in [0.25, 0.3) is 0 Å². The van der Waals surface area contributed by atoms with E-state index in [1.165, 1.54) is 12.8 Å². The lowest BCUT2D eigenvalue weighted by Crippen LogP contribution is -2.52. The Morgan fingerprint density at radius 3 is 2.68 bits per heavy atom. The molecule has 0 aromatic carbocycles. The van der Waals surface area contributed by atoms with Crippen LogP contribution in [-0.4, -0.2) is 33.7 Å². The van der Waals surface area contributed by atoms with Crippen LogP contribution in [0.3, 0.4) is 0 Å². The Morgan fingerprint density at radius 2 is 2.09 bits per heavy atom. The number of nitrogens with one attached hydrogen (secondary N) is 2. The predicted octanol–water partition coefficient (Wildman–Crippen LogP) is 2.40. The van der Waals surface area contributed by atoms with Crippen molar-refractivity contribution in [1.82, 2.24) is 20.6 Å². The highest BCUT2D eigenvalue weighted by molar-refractivity contribution is 5.67. The zero-order valence-corrected chi connectivity index (χ0v) is 13.7. The maximum absolute atomic E-state index is 11.9. The summed E-state index contributed by atoms with van der Waals surface area (Å²) < 4.78 is 5.31. The van der Waals surface area contributed by atoms with E-state index in [1.807, 2.05) is 26.8 Å². The zero-order valence-electron chi connectivity index (χ0n) is 13.7. The lowest BCUT2D eigenvalue weighted by Gasteiger charge is -2.31. The Bertz CT molecular complexity index is 479. The van der Waals surface area contributed by atoms with E-state index in [0.717, 1.165) is 18.5 Å². The number of carbonyl (C=O) groups excluding carboxylic acids is 1. The van der Waals surface area contributed by atoms with Gasteiger partial charge in [0, 0.05) is 24.8 Å². The van der Waals surface area contributed by atoms with Gasteiger partial charge in [-0.25, -0.2) is 14.8 Å². The summed E-state index contributed by atoms with van der Waals surface area (Å²) in [4.78, 5) is 20.0. The van der Waals surface area contributed by atoms with E-state index in [0.29, 0.717) is 13.1 Å². The summed E-state index contributed by atoms with van der Waals surface area (Å²) in [7, 11) is 0. The number of aromatic nitrogens is 2. The molecular weight excluding hydrogens is 280 g/mol. The Kier molecular flexibility index (Phi) is 5.34. The summed E-state index contributed by atoms with van der Waals surface area (Å²) in [5.74, 6) is 0. The van der Waals surface area contributed by atoms with Gasteiger partial charge in [0.05, 0.1) is 5.69 Å². The molecule has 0 spiro atoms. The van der Waals surface area contributed by atoms with Crippen molar-refractivity contribution in [1.29, 1.82) is 0 Å². The van der Waals surface area contributed by atoms with Gasteiger partial charge in [-0.3, -0.25) is 0 Å². The van der Waals surface area contributed by atoms with Crippen molar-refractivity contribution in [2.45, 2.75) is 64.1 Å². The number of ether oxygens (including phenoxy) is 1. The second kappa shape index (κ2) is 7.05. The van der Waals surface area contributed by atoms with Crippen LogP contribution < -0.4 is 10.6 Å². The van der Waals surface area contributed by atoms with Crippen LogP contribution >= 0.6 is 0 Å². The molecule has 6 heteroatoms. The molecular formula is C16H26N4O2. The summed E-state index contributed by atoms with van der Waals surface area (Å²) in [6.07, 6.45) is 7.38. The molecule has 122 valence electrons. The minimum absolute atomic E-state index is 0.0676. The van der Waals surface area contributed by atoms with E-state index in [9.17, 15) is 4.79 Å². The number of hydrogen-bond donors (Lipinski definition) is 2. The van der Waals surface area contributed by atoms with Crippen LogP contribution in [-0.2, 0) is 11.3 Å². The summed E-state index contributed by atoms with van der Waals surface area (Å²) in [6, 6.07) is 1.90. The topological polar surface area (TPSA) is 76.1 Å². The highest BCUT2D eigenvalue weighted by Crippen LogP contribution is 2.29. The molecule has 0 radical (unpaired) electrons. The highest BCUT2D eigenvalue weighted by Gasteiger charge is 2.34. The summed E-state index contributed by atoms with van der Waals surface area (Å²) in [6.45, 7) is 6.85. The third kappa shape index (κ3) is 5.26. The van der Waals surface area contributed by atoms with E-state index in [1.54, 1.807) is 12.5 Å². The fourth-order valence-electron chi connectivity index (χ4n) is 2.72. The van der Waals surface area contributed by atoms with Crippen LogP contribution in [0.2, 0.25) is 0 Å². The van der Waals surface area contributed by atoms with Crippen molar-refractivity contribution in [2.75, 3.05) is 6.54 Å². The first-order valence-electron chi connectivity index (χ1n) is 7.85. The van der Waals surface area contributed by atoms with Gasteiger partial charge < -0.3 is 15.4 Å². The molecule has 0 atom stereocenters. The maximum atomic E-state index is 11.9. The molecule has 0 saturated heterocycles. The van der Waals surface area contributed by atoms with Gasteiger partial charge in [-0.1, -0.05) is 12.8 Å². The monoisotopic (exact) mass is 306 g/mol. The predicted molar refractivity (Wildman–Crippen MR) is 84.3 cm³/mol. The molecule has 22 heavy (non-hydrogen) atoms. The average Bonchev–Trinajstić information content (AvgIpc) is 2.92. The van der Waals surface area contributed by atoms with Crippen LogP contribution in [0, 0.1) is 0 Å². The Balaban J connectivity index is 1.87. The van der Waals surface area contributed by atoms with Gasteiger partial charge in [0.2, 0.25) is 0 Å². The largest absolute Gasteiger partial charge is 0.444 e. The van der Waals surface area contributed by atoms with Crippen molar-refractivity contribution in [3.8, 4) is 0 Å². The minimum atomic E-state index is -0.471. The van der Waals surface area contributed by atoms with Crippen LogP contribution in [0.1, 0.15) is 52.1 Å².